The zero-order chi connectivity index (χ0) is 27.6. The number of hydrogen-bond donors (Lipinski definition) is 1. The van der Waals surface area contributed by atoms with Crippen LogP contribution in [0.15, 0.2) is 70.1 Å². The van der Waals surface area contributed by atoms with Gasteiger partial charge in [-0.15, -0.1) is 6.58 Å². The number of rotatable bonds is 8. The molecule has 0 spiro atoms. The number of carbonyl (C=O) groups excluding carboxylic acids is 1. The Kier molecular flexibility index (Phi) is 8.02. The normalized spacial score (nSPS) is 15.3. The summed E-state index contributed by atoms with van der Waals surface area (Å²) in [5.74, 6) is 0.219. The van der Waals surface area contributed by atoms with Gasteiger partial charge in [0.1, 0.15) is 0 Å². The molecule has 7 nitrogen and oxygen atoms in total. The molecule has 1 aliphatic heterocycles. The average molecular weight is 533 g/mol. The topological polar surface area (TPSA) is 90.1 Å². The van der Waals surface area contributed by atoms with Crippen LogP contribution in [0.3, 0.4) is 0 Å². The summed E-state index contributed by atoms with van der Waals surface area (Å²) >= 11 is 1.25. The fraction of sp³-hybridized carbons (Fsp3) is 0.300. The van der Waals surface area contributed by atoms with Gasteiger partial charge in [-0.1, -0.05) is 55.5 Å². The Balaban J connectivity index is 1.93. The third-order valence-corrected chi connectivity index (χ3v) is 7.48. The molecule has 0 amide bonds. The van der Waals surface area contributed by atoms with Gasteiger partial charge in [-0.3, -0.25) is 9.36 Å². The lowest BCUT2D eigenvalue weighted by Crippen LogP contribution is -2.39. The van der Waals surface area contributed by atoms with Gasteiger partial charge in [-0.05, 0) is 61.1 Å². The first-order valence-electron chi connectivity index (χ1n) is 12.5. The van der Waals surface area contributed by atoms with E-state index >= 15 is 0 Å². The molecule has 8 heteroatoms. The van der Waals surface area contributed by atoms with E-state index in [1.54, 1.807) is 42.7 Å². The monoisotopic (exact) mass is 532 g/mol. The molecule has 0 bridgehead atoms. The molecule has 2 aromatic carbocycles. The van der Waals surface area contributed by atoms with Gasteiger partial charge in [0.15, 0.2) is 16.3 Å². The van der Waals surface area contributed by atoms with Gasteiger partial charge in [0.2, 0.25) is 0 Å². The maximum absolute atomic E-state index is 13.9. The van der Waals surface area contributed by atoms with E-state index < -0.39 is 12.0 Å². The van der Waals surface area contributed by atoms with Crippen molar-refractivity contribution in [2.45, 2.75) is 46.1 Å². The number of carbonyl (C=O) groups is 1. The summed E-state index contributed by atoms with van der Waals surface area (Å²) in [4.78, 5) is 32.1. The molecule has 1 N–H and O–H groups in total. The summed E-state index contributed by atoms with van der Waals surface area (Å²) in [6.07, 6.45) is 3.89. The van der Waals surface area contributed by atoms with Gasteiger partial charge in [0.25, 0.3) is 5.56 Å². The minimum Gasteiger partial charge on any atom is -0.504 e. The smallest absolute Gasteiger partial charge is 0.338 e. The highest BCUT2D eigenvalue weighted by Crippen LogP contribution is 2.33. The number of aromatic nitrogens is 1. The van der Waals surface area contributed by atoms with E-state index in [4.69, 9.17) is 9.47 Å². The van der Waals surface area contributed by atoms with E-state index in [0.717, 1.165) is 11.1 Å². The van der Waals surface area contributed by atoms with Crippen molar-refractivity contribution in [1.29, 1.82) is 0 Å². The Morgan fingerprint density at radius 2 is 1.97 bits per heavy atom. The number of hydrogen-bond acceptors (Lipinski definition) is 7. The second-order valence-corrected chi connectivity index (χ2v) is 10.4. The SMILES string of the molecule is C=CCc1cc(/C=c2/sc3n(c2=O)[C@H](c2ccc(C(C)C)cc2)C(C(=O)OCC)=C(C)N=3)cc(OC)c1O. The number of fused-ring (bicyclic) bond motifs is 1. The number of benzene rings is 2. The molecular formula is C30H32N2O5S. The van der Waals surface area contributed by atoms with Crippen molar-refractivity contribution in [3.05, 3.63) is 102 Å². The van der Waals surface area contributed by atoms with E-state index in [-0.39, 0.29) is 17.9 Å². The lowest BCUT2D eigenvalue weighted by molar-refractivity contribution is -0.139. The molecule has 0 radical (unpaired) electrons. The quantitative estimate of drug-likeness (QED) is 0.344. The highest BCUT2D eigenvalue weighted by Gasteiger charge is 2.33. The van der Waals surface area contributed by atoms with Gasteiger partial charge in [0, 0.05) is 5.56 Å². The number of thiazole rings is 1. The maximum atomic E-state index is 13.9. The van der Waals surface area contributed by atoms with Crippen LogP contribution < -0.4 is 19.6 Å². The van der Waals surface area contributed by atoms with Crippen molar-refractivity contribution in [3.8, 4) is 11.5 Å². The predicted octanol–water partition coefficient (Wildman–Crippen LogP) is 4.36. The lowest BCUT2D eigenvalue weighted by atomic mass is 9.93. The second kappa shape index (κ2) is 11.2. The molecule has 0 saturated heterocycles. The van der Waals surface area contributed by atoms with Gasteiger partial charge >= 0.3 is 5.97 Å². The first-order valence-corrected chi connectivity index (χ1v) is 13.3. The van der Waals surface area contributed by atoms with Crippen LogP contribution >= 0.6 is 11.3 Å². The fourth-order valence-electron chi connectivity index (χ4n) is 4.56. The summed E-state index contributed by atoms with van der Waals surface area (Å²) in [5.41, 5.74) is 3.91. The van der Waals surface area contributed by atoms with Crippen LogP contribution in [0.4, 0.5) is 0 Å². The van der Waals surface area contributed by atoms with E-state index in [1.807, 2.05) is 24.3 Å². The summed E-state index contributed by atoms with van der Waals surface area (Å²) in [5, 5.41) is 10.5. The zero-order valence-corrected chi connectivity index (χ0v) is 23.1. The molecule has 38 heavy (non-hydrogen) atoms. The molecule has 198 valence electrons. The van der Waals surface area contributed by atoms with Crippen LogP contribution in [0.25, 0.3) is 6.08 Å². The number of methoxy groups -OCH3 is 1. The Labute approximate surface area is 225 Å². The van der Waals surface area contributed by atoms with Crippen LogP contribution in [0.1, 0.15) is 61.9 Å². The van der Waals surface area contributed by atoms with Crippen molar-refractivity contribution in [2.24, 2.45) is 4.99 Å². The van der Waals surface area contributed by atoms with Crippen molar-refractivity contribution in [1.82, 2.24) is 4.57 Å². The lowest BCUT2D eigenvalue weighted by Gasteiger charge is -2.25. The number of allylic oxidation sites excluding steroid dienone is 2. The molecule has 1 atom stereocenters. The largest absolute Gasteiger partial charge is 0.504 e. The van der Waals surface area contributed by atoms with E-state index in [9.17, 15) is 14.7 Å². The highest BCUT2D eigenvalue weighted by molar-refractivity contribution is 7.07. The second-order valence-electron chi connectivity index (χ2n) is 9.35. The van der Waals surface area contributed by atoms with Crippen molar-refractivity contribution >= 4 is 23.4 Å². The maximum Gasteiger partial charge on any atom is 0.338 e. The van der Waals surface area contributed by atoms with Crippen LogP contribution in [0.2, 0.25) is 0 Å². The minimum atomic E-state index is -0.667. The van der Waals surface area contributed by atoms with Gasteiger partial charge in [-0.25, -0.2) is 9.79 Å². The Bertz CT molecular complexity index is 1590. The van der Waals surface area contributed by atoms with Gasteiger partial charge in [-0.2, -0.15) is 0 Å². The Hall–Kier alpha value is -3.91. The summed E-state index contributed by atoms with van der Waals surface area (Å²) in [6.45, 7) is 11.7. The van der Waals surface area contributed by atoms with Crippen molar-refractivity contribution in [3.63, 3.8) is 0 Å². The van der Waals surface area contributed by atoms with E-state index in [0.29, 0.717) is 49.8 Å². The van der Waals surface area contributed by atoms with Crippen molar-refractivity contribution in [2.75, 3.05) is 13.7 Å². The third kappa shape index (κ3) is 5.09. The van der Waals surface area contributed by atoms with Gasteiger partial charge < -0.3 is 14.6 Å². The third-order valence-electron chi connectivity index (χ3n) is 6.49. The standard InChI is InChI=1S/C30H32N2O5S/c1-7-9-22-14-19(15-23(36-6)27(22)33)16-24-28(34)32-26(21-12-10-20(11-13-21)17(3)4)25(29(35)37-8-2)18(5)31-30(32)38-24/h7,10-17,26,33H,1,8-9H2,2-6H3/b24-16+/t26-/m1/s1. The van der Waals surface area contributed by atoms with Crippen LogP contribution in [0.5, 0.6) is 11.5 Å². The number of phenolic OH excluding ortho intramolecular Hbond substituents is 1. The van der Waals surface area contributed by atoms with Gasteiger partial charge in [0.05, 0.1) is 35.6 Å². The number of phenols is 1. The number of nitrogens with zero attached hydrogens (tertiary/aromatic N) is 2. The van der Waals surface area contributed by atoms with Crippen LogP contribution in [0, 0.1) is 0 Å². The molecule has 0 unspecified atom stereocenters. The van der Waals surface area contributed by atoms with Crippen molar-refractivity contribution < 1.29 is 19.4 Å². The average Bonchev–Trinajstić information content (AvgIpc) is 3.19. The highest BCUT2D eigenvalue weighted by atomic mass is 32.1. The predicted molar refractivity (Wildman–Crippen MR) is 149 cm³/mol. The molecule has 0 fully saturated rings. The van der Waals surface area contributed by atoms with E-state index in [1.165, 1.54) is 18.4 Å². The fourth-order valence-corrected chi connectivity index (χ4v) is 5.61. The Morgan fingerprint density at radius 3 is 2.58 bits per heavy atom. The number of esters is 1. The van der Waals surface area contributed by atoms with E-state index in [2.05, 4.69) is 25.4 Å². The molecule has 1 aliphatic rings. The first-order chi connectivity index (χ1) is 18.2. The minimum absolute atomic E-state index is 0.0468. The molecule has 2 heterocycles. The summed E-state index contributed by atoms with van der Waals surface area (Å²) < 4.78 is 12.7. The molecule has 1 aromatic heterocycles. The summed E-state index contributed by atoms with van der Waals surface area (Å²) in [6, 6.07) is 10.8. The molecular weight excluding hydrogens is 500 g/mol. The first kappa shape index (κ1) is 27.1. The Morgan fingerprint density at radius 1 is 1.26 bits per heavy atom. The molecule has 4 rings (SSSR count). The molecule has 3 aromatic rings. The van der Waals surface area contributed by atoms with Crippen LogP contribution in [-0.2, 0) is 16.0 Å². The molecule has 0 saturated carbocycles. The number of ether oxygens (including phenoxy) is 2. The summed E-state index contributed by atoms with van der Waals surface area (Å²) in [7, 11) is 1.48. The molecule has 0 aliphatic carbocycles. The number of aromatic hydroxyl groups is 1. The zero-order valence-electron chi connectivity index (χ0n) is 22.3. The van der Waals surface area contributed by atoms with Crippen LogP contribution in [-0.4, -0.2) is 29.4 Å².